The van der Waals surface area contributed by atoms with Gasteiger partial charge in [-0.25, -0.2) is 0 Å². The van der Waals surface area contributed by atoms with Crippen molar-refractivity contribution >= 4 is 17.3 Å². The smallest absolute Gasteiger partial charge is 0.0841 e. The number of aliphatic hydroxyl groups excluding tert-OH is 1. The third-order valence-corrected chi connectivity index (χ3v) is 2.77. The Balaban J connectivity index is 2.83. The van der Waals surface area contributed by atoms with Crippen molar-refractivity contribution < 1.29 is 5.11 Å². The number of hydrogen-bond donors (Lipinski definition) is 1. The quantitative estimate of drug-likeness (QED) is 0.780. The SMILES string of the molecule is CC(O)C(Cl)c1ccc(N(C)C)cc1. The van der Waals surface area contributed by atoms with Gasteiger partial charge in [-0.05, 0) is 24.6 Å². The van der Waals surface area contributed by atoms with E-state index in [4.69, 9.17) is 11.6 Å². The zero-order valence-corrected chi connectivity index (χ0v) is 9.49. The number of nitrogens with zero attached hydrogens (tertiary/aromatic N) is 1. The molecule has 0 spiro atoms. The maximum absolute atomic E-state index is 9.31. The molecule has 0 aliphatic rings. The third-order valence-electron chi connectivity index (χ3n) is 2.15. The van der Waals surface area contributed by atoms with Gasteiger partial charge in [-0.3, -0.25) is 0 Å². The highest BCUT2D eigenvalue weighted by Crippen LogP contribution is 2.25. The first-order valence-electron chi connectivity index (χ1n) is 4.62. The lowest BCUT2D eigenvalue weighted by atomic mass is 10.1. The lowest BCUT2D eigenvalue weighted by Crippen LogP contribution is -2.10. The molecule has 14 heavy (non-hydrogen) atoms. The van der Waals surface area contributed by atoms with Crippen LogP contribution in [0.3, 0.4) is 0 Å². The van der Waals surface area contributed by atoms with Gasteiger partial charge in [0.05, 0.1) is 11.5 Å². The first kappa shape index (κ1) is 11.3. The summed E-state index contributed by atoms with van der Waals surface area (Å²) in [6, 6.07) is 7.87. The van der Waals surface area contributed by atoms with Crippen molar-refractivity contribution in [2.75, 3.05) is 19.0 Å². The summed E-state index contributed by atoms with van der Waals surface area (Å²) in [4.78, 5) is 2.02. The molecule has 0 amide bonds. The summed E-state index contributed by atoms with van der Waals surface area (Å²) < 4.78 is 0. The third kappa shape index (κ3) is 2.63. The minimum absolute atomic E-state index is 0.328. The Labute approximate surface area is 90.1 Å². The van der Waals surface area contributed by atoms with Crippen LogP contribution in [0.2, 0.25) is 0 Å². The van der Waals surface area contributed by atoms with Gasteiger partial charge in [0, 0.05) is 19.8 Å². The van der Waals surface area contributed by atoms with Crippen molar-refractivity contribution in [1.82, 2.24) is 0 Å². The summed E-state index contributed by atoms with van der Waals surface area (Å²) >= 11 is 6.01. The Bertz CT molecular complexity index is 282. The van der Waals surface area contributed by atoms with Gasteiger partial charge in [0.15, 0.2) is 0 Å². The summed E-state index contributed by atoms with van der Waals surface area (Å²) in [7, 11) is 3.98. The van der Waals surface area contributed by atoms with Crippen LogP contribution in [-0.2, 0) is 0 Å². The molecule has 0 aliphatic carbocycles. The predicted molar refractivity (Wildman–Crippen MR) is 61.0 cm³/mol. The molecule has 1 rings (SSSR count). The van der Waals surface area contributed by atoms with E-state index in [1.54, 1.807) is 6.92 Å². The van der Waals surface area contributed by atoms with E-state index < -0.39 is 6.10 Å². The van der Waals surface area contributed by atoms with Gasteiger partial charge in [0.1, 0.15) is 0 Å². The van der Waals surface area contributed by atoms with Crippen LogP contribution in [-0.4, -0.2) is 25.3 Å². The van der Waals surface area contributed by atoms with Gasteiger partial charge in [-0.2, -0.15) is 0 Å². The van der Waals surface area contributed by atoms with Crippen molar-refractivity contribution in [2.24, 2.45) is 0 Å². The lowest BCUT2D eigenvalue weighted by molar-refractivity contribution is 0.190. The zero-order chi connectivity index (χ0) is 10.7. The highest BCUT2D eigenvalue weighted by Gasteiger charge is 2.13. The van der Waals surface area contributed by atoms with E-state index in [9.17, 15) is 5.11 Å². The number of anilines is 1. The predicted octanol–water partition coefficient (Wildman–Crippen LogP) is 2.41. The average molecular weight is 214 g/mol. The van der Waals surface area contributed by atoms with Gasteiger partial charge >= 0.3 is 0 Å². The molecule has 2 unspecified atom stereocenters. The summed E-state index contributed by atoms with van der Waals surface area (Å²) in [5.74, 6) is 0. The van der Waals surface area contributed by atoms with Crippen LogP contribution >= 0.6 is 11.6 Å². The second-order valence-corrected chi connectivity index (χ2v) is 4.10. The molecule has 2 atom stereocenters. The van der Waals surface area contributed by atoms with Crippen LogP contribution in [0.5, 0.6) is 0 Å². The van der Waals surface area contributed by atoms with Crippen molar-refractivity contribution in [3.8, 4) is 0 Å². The number of halogens is 1. The van der Waals surface area contributed by atoms with Gasteiger partial charge in [-0.1, -0.05) is 12.1 Å². The molecule has 1 N–H and O–H groups in total. The Hall–Kier alpha value is -0.730. The number of benzene rings is 1. The van der Waals surface area contributed by atoms with Crippen LogP contribution in [0, 0.1) is 0 Å². The first-order valence-corrected chi connectivity index (χ1v) is 5.05. The number of alkyl halides is 1. The molecule has 1 aromatic carbocycles. The second kappa shape index (κ2) is 4.67. The Morgan fingerprint density at radius 2 is 1.71 bits per heavy atom. The van der Waals surface area contributed by atoms with Crippen LogP contribution in [0.25, 0.3) is 0 Å². The van der Waals surface area contributed by atoms with Gasteiger partial charge < -0.3 is 10.0 Å². The van der Waals surface area contributed by atoms with Crippen molar-refractivity contribution in [3.63, 3.8) is 0 Å². The molecule has 0 fully saturated rings. The monoisotopic (exact) mass is 213 g/mol. The molecule has 3 heteroatoms. The maximum atomic E-state index is 9.31. The zero-order valence-electron chi connectivity index (χ0n) is 8.74. The summed E-state index contributed by atoms with van der Waals surface area (Å²) in [6.07, 6.45) is -0.526. The van der Waals surface area contributed by atoms with Crippen molar-refractivity contribution in [2.45, 2.75) is 18.4 Å². The van der Waals surface area contributed by atoms with Crippen LogP contribution in [0.15, 0.2) is 24.3 Å². The van der Waals surface area contributed by atoms with E-state index in [-0.39, 0.29) is 5.38 Å². The fourth-order valence-corrected chi connectivity index (χ4v) is 1.38. The molecular weight excluding hydrogens is 198 g/mol. The Morgan fingerprint density at radius 3 is 2.07 bits per heavy atom. The van der Waals surface area contributed by atoms with E-state index in [1.165, 1.54) is 0 Å². The fourth-order valence-electron chi connectivity index (χ4n) is 1.23. The lowest BCUT2D eigenvalue weighted by Gasteiger charge is -2.16. The first-order chi connectivity index (χ1) is 6.52. The van der Waals surface area contributed by atoms with E-state index in [0.29, 0.717) is 0 Å². The summed E-state index contributed by atoms with van der Waals surface area (Å²) in [6.45, 7) is 1.69. The number of hydrogen-bond acceptors (Lipinski definition) is 2. The highest BCUT2D eigenvalue weighted by molar-refractivity contribution is 6.21. The Morgan fingerprint density at radius 1 is 1.21 bits per heavy atom. The normalized spacial score (nSPS) is 14.9. The molecule has 0 saturated heterocycles. The molecule has 1 aromatic rings. The number of rotatable bonds is 3. The topological polar surface area (TPSA) is 23.5 Å². The summed E-state index contributed by atoms with van der Waals surface area (Å²) in [5.41, 5.74) is 2.08. The molecule has 0 saturated carbocycles. The van der Waals surface area contributed by atoms with E-state index >= 15 is 0 Å². The van der Waals surface area contributed by atoms with E-state index in [2.05, 4.69) is 0 Å². The fraction of sp³-hybridized carbons (Fsp3) is 0.455. The second-order valence-electron chi connectivity index (χ2n) is 3.63. The molecule has 2 nitrogen and oxygen atoms in total. The minimum Gasteiger partial charge on any atom is -0.392 e. The van der Waals surface area contributed by atoms with Crippen LogP contribution in [0.4, 0.5) is 5.69 Å². The van der Waals surface area contributed by atoms with Gasteiger partial charge in [-0.15, -0.1) is 11.6 Å². The largest absolute Gasteiger partial charge is 0.392 e. The average Bonchev–Trinajstić information content (AvgIpc) is 2.16. The minimum atomic E-state index is -0.526. The van der Waals surface area contributed by atoms with E-state index in [1.807, 2.05) is 43.3 Å². The molecule has 78 valence electrons. The standard InChI is InChI=1S/C11H16ClNO/c1-8(14)11(12)9-4-6-10(7-5-9)13(2)3/h4-8,11,14H,1-3H3. The van der Waals surface area contributed by atoms with Gasteiger partial charge in [0.2, 0.25) is 0 Å². The molecule has 0 heterocycles. The van der Waals surface area contributed by atoms with E-state index in [0.717, 1.165) is 11.3 Å². The molecule has 0 aliphatic heterocycles. The molecule has 0 radical (unpaired) electrons. The maximum Gasteiger partial charge on any atom is 0.0841 e. The van der Waals surface area contributed by atoms with Gasteiger partial charge in [0.25, 0.3) is 0 Å². The van der Waals surface area contributed by atoms with Crippen molar-refractivity contribution in [3.05, 3.63) is 29.8 Å². The summed E-state index contributed by atoms with van der Waals surface area (Å²) in [5, 5.41) is 8.98. The molecule has 0 aromatic heterocycles. The van der Waals surface area contributed by atoms with Crippen LogP contribution in [0.1, 0.15) is 17.9 Å². The molecule has 0 bridgehead atoms. The molecular formula is C11H16ClNO. The highest BCUT2D eigenvalue weighted by atomic mass is 35.5. The van der Waals surface area contributed by atoms with Crippen LogP contribution < -0.4 is 4.90 Å². The number of aliphatic hydroxyl groups is 1. The van der Waals surface area contributed by atoms with Crippen molar-refractivity contribution in [1.29, 1.82) is 0 Å². The Kier molecular flexibility index (Phi) is 3.78.